The lowest BCUT2D eigenvalue weighted by Gasteiger charge is -2.27. The molecule has 2 saturated heterocycles. The van der Waals surface area contributed by atoms with E-state index in [2.05, 4.69) is 16.8 Å². The molecule has 2 bridgehead atoms. The van der Waals surface area contributed by atoms with Crippen molar-refractivity contribution in [2.75, 3.05) is 31.3 Å². The lowest BCUT2D eigenvalue weighted by molar-refractivity contribution is -0.387. The van der Waals surface area contributed by atoms with Crippen LogP contribution in [0.3, 0.4) is 0 Å². The minimum Gasteiger partial charge on any atom is -0.370 e. The van der Waals surface area contributed by atoms with Crippen LogP contribution in [-0.4, -0.2) is 56.7 Å². The van der Waals surface area contributed by atoms with Crippen molar-refractivity contribution in [3.63, 3.8) is 0 Å². The molecular weight excluding hydrogens is 318 g/mol. The molecule has 2 heterocycles. The zero-order valence-corrected chi connectivity index (χ0v) is 14.1. The van der Waals surface area contributed by atoms with Crippen LogP contribution in [0.1, 0.15) is 19.3 Å². The maximum atomic E-state index is 11.9. The van der Waals surface area contributed by atoms with E-state index >= 15 is 0 Å². The third-order valence-electron chi connectivity index (χ3n) is 5.05. The molecule has 2 aliphatic rings. The fraction of sp³-hybridized carbons (Fsp3) is 0.600. The summed E-state index contributed by atoms with van der Waals surface area (Å²) < 4.78 is 23.8. The molecule has 0 aromatic heterocycles. The van der Waals surface area contributed by atoms with Crippen LogP contribution in [0.25, 0.3) is 0 Å². The summed E-state index contributed by atoms with van der Waals surface area (Å²) in [5.74, 6) is 0. The summed E-state index contributed by atoms with van der Waals surface area (Å²) in [6.45, 7) is 1.67. The molecule has 2 atom stereocenters. The Hall–Kier alpha value is -1.67. The van der Waals surface area contributed by atoms with Gasteiger partial charge in [0.2, 0.25) is 0 Å². The molecule has 0 saturated carbocycles. The fourth-order valence-corrected chi connectivity index (χ4v) is 4.55. The van der Waals surface area contributed by atoms with Crippen LogP contribution in [0.5, 0.6) is 0 Å². The largest absolute Gasteiger partial charge is 0.370 e. The minimum atomic E-state index is -3.65. The summed E-state index contributed by atoms with van der Waals surface area (Å²) in [4.78, 5) is 14.8. The molecule has 7 nitrogen and oxygen atoms in total. The molecule has 0 aliphatic carbocycles. The highest BCUT2D eigenvalue weighted by Crippen LogP contribution is 2.33. The Morgan fingerprint density at radius 3 is 2.57 bits per heavy atom. The molecule has 0 N–H and O–H groups in total. The second kappa shape index (κ2) is 5.76. The number of nitro benzene ring substituents is 1. The first-order valence-corrected chi connectivity index (χ1v) is 9.62. The van der Waals surface area contributed by atoms with Gasteiger partial charge in [-0.05, 0) is 38.4 Å². The van der Waals surface area contributed by atoms with Crippen molar-refractivity contribution in [1.29, 1.82) is 0 Å². The molecule has 126 valence electrons. The lowest BCUT2D eigenvalue weighted by atomic mass is 10.1. The highest BCUT2D eigenvalue weighted by atomic mass is 32.2. The molecule has 3 rings (SSSR count). The maximum absolute atomic E-state index is 11.9. The normalized spacial score (nSPS) is 25.4. The zero-order valence-electron chi connectivity index (χ0n) is 13.3. The Bertz CT molecular complexity index is 734. The van der Waals surface area contributed by atoms with Gasteiger partial charge >= 0.3 is 0 Å². The lowest BCUT2D eigenvalue weighted by Crippen LogP contribution is -2.36. The van der Waals surface area contributed by atoms with Gasteiger partial charge in [0.1, 0.15) is 4.90 Å². The molecule has 2 unspecified atom stereocenters. The van der Waals surface area contributed by atoms with Crippen LogP contribution in [-0.2, 0) is 9.84 Å². The van der Waals surface area contributed by atoms with Crippen LogP contribution >= 0.6 is 0 Å². The number of rotatable bonds is 3. The van der Waals surface area contributed by atoms with Crippen molar-refractivity contribution >= 4 is 21.2 Å². The number of sulfone groups is 1. The van der Waals surface area contributed by atoms with Gasteiger partial charge in [-0.25, -0.2) is 8.42 Å². The van der Waals surface area contributed by atoms with Crippen molar-refractivity contribution in [3.05, 3.63) is 28.3 Å². The predicted molar refractivity (Wildman–Crippen MR) is 87.6 cm³/mol. The van der Waals surface area contributed by atoms with Gasteiger partial charge in [-0.15, -0.1) is 0 Å². The number of fused-ring (bicyclic) bond motifs is 2. The number of hydrogen-bond acceptors (Lipinski definition) is 6. The molecule has 1 aromatic rings. The SMILES string of the molecule is CN1C2CCC1CN(c1ccc([N+](=O)[O-])c(S(C)(=O)=O)c1)CC2. The van der Waals surface area contributed by atoms with E-state index in [1.54, 1.807) is 6.07 Å². The van der Waals surface area contributed by atoms with Crippen molar-refractivity contribution < 1.29 is 13.3 Å². The summed E-state index contributed by atoms with van der Waals surface area (Å²) in [6, 6.07) is 5.45. The van der Waals surface area contributed by atoms with Crippen LogP contribution in [0.2, 0.25) is 0 Å². The van der Waals surface area contributed by atoms with E-state index in [1.165, 1.54) is 18.6 Å². The highest BCUT2D eigenvalue weighted by molar-refractivity contribution is 7.90. The Balaban J connectivity index is 1.96. The first kappa shape index (κ1) is 16.2. The summed E-state index contributed by atoms with van der Waals surface area (Å²) in [5, 5.41) is 11.1. The van der Waals surface area contributed by atoms with Gasteiger partial charge in [0.25, 0.3) is 5.69 Å². The van der Waals surface area contributed by atoms with Crippen molar-refractivity contribution in [3.8, 4) is 0 Å². The van der Waals surface area contributed by atoms with Crippen LogP contribution in [0.4, 0.5) is 11.4 Å². The Labute approximate surface area is 136 Å². The van der Waals surface area contributed by atoms with Gasteiger partial charge in [-0.3, -0.25) is 15.0 Å². The second-order valence-electron chi connectivity index (χ2n) is 6.47. The van der Waals surface area contributed by atoms with Gasteiger partial charge in [0, 0.05) is 43.2 Å². The van der Waals surface area contributed by atoms with Crippen molar-refractivity contribution in [2.45, 2.75) is 36.2 Å². The van der Waals surface area contributed by atoms with E-state index in [-0.39, 0.29) is 10.6 Å². The van der Waals surface area contributed by atoms with Crippen molar-refractivity contribution in [2.24, 2.45) is 0 Å². The number of hydrogen-bond donors (Lipinski definition) is 0. The van der Waals surface area contributed by atoms with Gasteiger partial charge in [-0.2, -0.15) is 0 Å². The third kappa shape index (κ3) is 3.05. The molecular formula is C15H21N3O4S. The summed E-state index contributed by atoms with van der Waals surface area (Å²) in [5.41, 5.74) is 0.390. The van der Waals surface area contributed by atoms with E-state index in [4.69, 9.17) is 0 Å². The third-order valence-corrected chi connectivity index (χ3v) is 6.18. The summed E-state index contributed by atoms with van der Waals surface area (Å²) in [6.07, 6.45) is 4.39. The van der Waals surface area contributed by atoms with Crippen LogP contribution in [0.15, 0.2) is 23.1 Å². The summed E-state index contributed by atoms with van der Waals surface area (Å²) in [7, 11) is -1.51. The highest BCUT2D eigenvalue weighted by Gasteiger charge is 2.35. The quantitative estimate of drug-likeness (QED) is 0.615. The number of anilines is 1. The fourth-order valence-electron chi connectivity index (χ4n) is 3.69. The van der Waals surface area contributed by atoms with Gasteiger partial charge in [0.05, 0.1) is 4.92 Å². The van der Waals surface area contributed by atoms with Gasteiger partial charge in [0.15, 0.2) is 9.84 Å². The number of nitrogens with zero attached hydrogens (tertiary/aromatic N) is 3. The van der Waals surface area contributed by atoms with E-state index in [9.17, 15) is 18.5 Å². The van der Waals surface area contributed by atoms with Crippen LogP contribution in [0, 0.1) is 10.1 Å². The van der Waals surface area contributed by atoms with E-state index < -0.39 is 14.8 Å². The average Bonchev–Trinajstić information content (AvgIpc) is 2.70. The van der Waals surface area contributed by atoms with E-state index in [0.717, 1.165) is 37.9 Å². The molecule has 0 radical (unpaired) electrons. The Morgan fingerprint density at radius 1 is 1.22 bits per heavy atom. The number of nitro groups is 1. The average molecular weight is 339 g/mol. The smallest absolute Gasteiger partial charge is 0.288 e. The molecule has 1 aromatic carbocycles. The molecule has 0 spiro atoms. The zero-order chi connectivity index (χ0) is 16.8. The van der Waals surface area contributed by atoms with E-state index in [0.29, 0.717) is 12.1 Å². The second-order valence-corrected chi connectivity index (χ2v) is 8.45. The number of likely N-dealkylation sites (N-methyl/N-ethyl adjacent to an activating group) is 1. The van der Waals surface area contributed by atoms with Gasteiger partial charge < -0.3 is 4.90 Å². The van der Waals surface area contributed by atoms with E-state index in [1.807, 2.05) is 0 Å². The molecule has 23 heavy (non-hydrogen) atoms. The Kier molecular flexibility index (Phi) is 4.05. The van der Waals surface area contributed by atoms with Gasteiger partial charge in [-0.1, -0.05) is 0 Å². The molecule has 8 heteroatoms. The molecule has 2 fully saturated rings. The molecule has 0 amide bonds. The standard InChI is InChI=1S/C15H21N3O4S/c1-16-11-3-4-13(16)10-17(8-7-11)12-5-6-14(18(19)20)15(9-12)23(2,21)22/h5-6,9,11,13H,3-4,7-8,10H2,1-2H3. The molecule has 2 aliphatic heterocycles. The number of benzene rings is 1. The van der Waals surface area contributed by atoms with Crippen LogP contribution < -0.4 is 4.90 Å². The summed E-state index contributed by atoms with van der Waals surface area (Å²) >= 11 is 0. The monoisotopic (exact) mass is 339 g/mol. The first-order chi connectivity index (χ1) is 10.8. The van der Waals surface area contributed by atoms with Crippen molar-refractivity contribution in [1.82, 2.24) is 4.90 Å². The first-order valence-electron chi connectivity index (χ1n) is 7.73. The predicted octanol–water partition coefficient (Wildman–Crippen LogP) is 1.67. The maximum Gasteiger partial charge on any atom is 0.288 e. The Morgan fingerprint density at radius 2 is 1.91 bits per heavy atom. The topological polar surface area (TPSA) is 83.8 Å². The minimum absolute atomic E-state index is 0.206.